The molecule has 0 aliphatic heterocycles. The van der Waals surface area contributed by atoms with Gasteiger partial charge in [-0.2, -0.15) is 0 Å². The molecule has 29 heavy (non-hydrogen) atoms. The number of aromatic nitrogens is 1. The van der Waals surface area contributed by atoms with Crippen LogP contribution in [0.5, 0.6) is 0 Å². The van der Waals surface area contributed by atoms with Gasteiger partial charge in [-0.1, -0.05) is 18.2 Å². The van der Waals surface area contributed by atoms with E-state index in [1.54, 1.807) is 42.7 Å². The van der Waals surface area contributed by atoms with Crippen molar-refractivity contribution in [1.29, 1.82) is 0 Å². The second-order valence-corrected chi connectivity index (χ2v) is 6.20. The highest BCUT2D eigenvalue weighted by atomic mass is 19.1. The number of amides is 2. The number of nitrogens with zero attached hydrogens (tertiary/aromatic N) is 1. The van der Waals surface area contributed by atoms with Gasteiger partial charge < -0.3 is 16.4 Å². The summed E-state index contributed by atoms with van der Waals surface area (Å²) in [5.74, 6) is -1.04. The zero-order valence-electron chi connectivity index (χ0n) is 15.4. The predicted molar refractivity (Wildman–Crippen MR) is 112 cm³/mol. The number of pyridine rings is 1. The van der Waals surface area contributed by atoms with E-state index in [0.717, 1.165) is 11.6 Å². The first kappa shape index (κ1) is 19.8. The van der Waals surface area contributed by atoms with E-state index in [9.17, 15) is 14.0 Å². The monoisotopic (exact) mass is 390 g/mol. The average Bonchev–Trinajstić information content (AvgIpc) is 2.71. The van der Waals surface area contributed by atoms with Crippen LogP contribution >= 0.6 is 0 Å². The third kappa shape index (κ3) is 5.74. The number of nitrogens with one attached hydrogen (secondary N) is 2. The smallest absolute Gasteiger partial charge is 0.255 e. The summed E-state index contributed by atoms with van der Waals surface area (Å²) >= 11 is 0. The third-order valence-corrected chi connectivity index (χ3v) is 3.99. The van der Waals surface area contributed by atoms with E-state index in [1.807, 2.05) is 18.2 Å². The standard InChI is InChI=1S/C22H19FN4O2/c23-17-8-11-20(19(24)13-17)27-22(29)16-6-9-18(10-7-16)26-21(28)5-1-3-15-4-2-12-25-14-15/h1-4,6-14H,5,24H2,(H,26,28)(H,27,29)/b3-1+. The van der Waals surface area contributed by atoms with E-state index >= 15 is 0 Å². The van der Waals surface area contributed by atoms with Crippen LogP contribution in [0.25, 0.3) is 6.08 Å². The lowest BCUT2D eigenvalue weighted by atomic mass is 10.1. The van der Waals surface area contributed by atoms with Gasteiger partial charge in [0.05, 0.1) is 11.4 Å². The Bertz CT molecular complexity index is 1030. The van der Waals surface area contributed by atoms with Crippen molar-refractivity contribution < 1.29 is 14.0 Å². The molecule has 0 atom stereocenters. The second-order valence-electron chi connectivity index (χ2n) is 6.20. The Morgan fingerprint density at radius 1 is 1.07 bits per heavy atom. The van der Waals surface area contributed by atoms with Crippen LogP contribution in [0.3, 0.4) is 0 Å². The van der Waals surface area contributed by atoms with Crippen LogP contribution in [0.4, 0.5) is 21.5 Å². The molecule has 2 amide bonds. The lowest BCUT2D eigenvalue weighted by Crippen LogP contribution is -2.14. The zero-order valence-corrected chi connectivity index (χ0v) is 15.4. The molecule has 146 valence electrons. The summed E-state index contributed by atoms with van der Waals surface area (Å²) in [6.07, 6.45) is 7.17. The summed E-state index contributed by atoms with van der Waals surface area (Å²) < 4.78 is 13.1. The van der Waals surface area contributed by atoms with Gasteiger partial charge in [0.15, 0.2) is 0 Å². The van der Waals surface area contributed by atoms with E-state index in [2.05, 4.69) is 15.6 Å². The van der Waals surface area contributed by atoms with Crippen LogP contribution in [0.2, 0.25) is 0 Å². The number of hydrogen-bond acceptors (Lipinski definition) is 4. The average molecular weight is 390 g/mol. The summed E-state index contributed by atoms with van der Waals surface area (Å²) in [6, 6.07) is 13.9. The van der Waals surface area contributed by atoms with Crippen molar-refractivity contribution in [3.05, 3.63) is 90.0 Å². The highest BCUT2D eigenvalue weighted by molar-refractivity contribution is 6.06. The minimum Gasteiger partial charge on any atom is -0.397 e. The van der Waals surface area contributed by atoms with Gasteiger partial charge in [0.2, 0.25) is 5.91 Å². The van der Waals surface area contributed by atoms with Crippen LogP contribution in [0, 0.1) is 5.82 Å². The first-order valence-electron chi connectivity index (χ1n) is 8.84. The molecule has 3 aromatic rings. The number of benzene rings is 2. The van der Waals surface area contributed by atoms with Gasteiger partial charge >= 0.3 is 0 Å². The number of carbonyl (C=O) groups excluding carboxylic acids is 2. The van der Waals surface area contributed by atoms with E-state index in [0.29, 0.717) is 16.9 Å². The third-order valence-electron chi connectivity index (χ3n) is 3.99. The maximum atomic E-state index is 13.1. The fourth-order valence-corrected chi connectivity index (χ4v) is 2.54. The quantitative estimate of drug-likeness (QED) is 0.552. The van der Waals surface area contributed by atoms with Crippen molar-refractivity contribution >= 4 is 35.0 Å². The maximum absolute atomic E-state index is 13.1. The Balaban J connectivity index is 1.54. The molecule has 0 saturated heterocycles. The van der Waals surface area contributed by atoms with Gasteiger partial charge in [0.1, 0.15) is 5.82 Å². The molecule has 0 bridgehead atoms. The molecule has 6 nitrogen and oxygen atoms in total. The van der Waals surface area contributed by atoms with Gasteiger partial charge in [0.25, 0.3) is 5.91 Å². The predicted octanol–water partition coefficient (Wildman–Crippen LogP) is 4.10. The summed E-state index contributed by atoms with van der Waals surface area (Å²) in [6.45, 7) is 0. The topological polar surface area (TPSA) is 97.1 Å². The van der Waals surface area contributed by atoms with Crippen LogP contribution in [-0.4, -0.2) is 16.8 Å². The molecule has 4 N–H and O–H groups in total. The maximum Gasteiger partial charge on any atom is 0.255 e. The first-order chi connectivity index (χ1) is 14.0. The molecule has 0 aliphatic rings. The van der Waals surface area contributed by atoms with E-state index < -0.39 is 5.82 Å². The van der Waals surface area contributed by atoms with Crippen molar-refractivity contribution in [3.63, 3.8) is 0 Å². The van der Waals surface area contributed by atoms with Crippen molar-refractivity contribution in [3.8, 4) is 0 Å². The number of hydrogen-bond donors (Lipinski definition) is 3. The number of anilines is 3. The van der Waals surface area contributed by atoms with Crippen molar-refractivity contribution in [1.82, 2.24) is 4.98 Å². The molecule has 0 fully saturated rings. The molecular weight excluding hydrogens is 371 g/mol. The summed E-state index contributed by atoms with van der Waals surface area (Å²) in [7, 11) is 0. The fourth-order valence-electron chi connectivity index (χ4n) is 2.54. The first-order valence-corrected chi connectivity index (χ1v) is 8.84. The lowest BCUT2D eigenvalue weighted by molar-refractivity contribution is -0.115. The Morgan fingerprint density at radius 2 is 1.86 bits per heavy atom. The summed E-state index contributed by atoms with van der Waals surface area (Å²) in [4.78, 5) is 28.3. The Kier molecular flexibility index (Phi) is 6.32. The number of nitrogens with two attached hydrogens (primary N) is 1. The number of carbonyl (C=O) groups is 2. The van der Waals surface area contributed by atoms with Crippen LogP contribution in [0.1, 0.15) is 22.3 Å². The minimum atomic E-state index is -0.476. The Hall–Kier alpha value is -4.00. The normalized spacial score (nSPS) is 10.7. The van der Waals surface area contributed by atoms with Gasteiger partial charge in [-0.3, -0.25) is 14.6 Å². The van der Waals surface area contributed by atoms with Crippen molar-refractivity contribution in [2.24, 2.45) is 0 Å². The lowest BCUT2D eigenvalue weighted by Gasteiger charge is -2.09. The molecule has 7 heteroatoms. The highest BCUT2D eigenvalue weighted by Crippen LogP contribution is 2.20. The molecule has 0 saturated carbocycles. The molecule has 0 aliphatic carbocycles. The van der Waals surface area contributed by atoms with Crippen LogP contribution in [-0.2, 0) is 4.79 Å². The largest absolute Gasteiger partial charge is 0.397 e. The molecule has 3 rings (SSSR count). The van der Waals surface area contributed by atoms with Crippen LogP contribution in [0.15, 0.2) is 73.1 Å². The van der Waals surface area contributed by atoms with Crippen LogP contribution < -0.4 is 16.4 Å². The molecular formula is C22H19FN4O2. The number of halogens is 1. The summed E-state index contributed by atoms with van der Waals surface area (Å²) in [5, 5.41) is 5.39. The molecule has 1 heterocycles. The van der Waals surface area contributed by atoms with Gasteiger partial charge in [-0.05, 0) is 54.1 Å². The second kappa shape index (κ2) is 9.27. The molecule has 1 aromatic heterocycles. The molecule has 0 spiro atoms. The Morgan fingerprint density at radius 3 is 2.55 bits per heavy atom. The van der Waals surface area contributed by atoms with E-state index in [1.165, 1.54) is 12.1 Å². The molecule has 0 radical (unpaired) electrons. The number of nitrogen functional groups attached to an aromatic ring is 1. The zero-order chi connectivity index (χ0) is 20.6. The van der Waals surface area contributed by atoms with Gasteiger partial charge in [-0.15, -0.1) is 0 Å². The van der Waals surface area contributed by atoms with Crippen molar-refractivity contribution in [2.75, 3.05) is 16.4 Å². The summed E-state index contributed by atoms with van der Waals surface area (Å²) in [5.41, 5.74) is 8.02. The SMILES string of the molecule is Nc1cc(F)ccc1NC(=O)c1ccc(NC(=O)C/C=C/c2cccnc2)cc1. The van der Waals surface area contributed by atoms with E-state index in [-0.39, 0.29) is 23.9 Å². The molecule has 0 unspecified atom stereocenters. The van der Waals surface area contributed by atoms with Crippen molar-refractivity contribution in [2.45, 2.75) is 6.42 Å². The van der Waals surface area contributed by atoms with Gasteiger partial charge in [-0.25, -0.2) is 4.39 Å². The molecule has 2 aromatic carbocycles. The van der Waals surface area contributed by atoms with E-state index in [4.69, 9.17) is 5.73 Å². The van der Waals surface area contributed by atoms with Gasteiger partial charge in [0, 0.05) is 30.1 Å². The highest BCUT2D eigenvalue weighted by Gasteiger charge is 2.09. The Labute approximate surface area is 167 Å². The number of rotatable bonds is 6. The fraction of sp³-hybridized carbons (Fsp3) is 0.0455. The minimum absolute atomic E-state index is 0.140.